The van der Waals surface area contributed by atoms with Crippen LogP contribution in [0.5, 0.6) is 17.4 Å². The summed E-state index contributed by atoms with van der Waals surface area (Å²) in [5.74, 6) is 0.543. The van der Waals surface area contributed by atoms with Crippen molar-refractivity contribution in [1.82, 2.24) is 24.8 Å². The van der Waals surface area contributed by atoms with Gasteiger partial charge in [0.15, 0.2) is 0 Å². The van der Waals surface area contributed by atoms with Gasteiger partial charge in [0.05, 0.1) is 16.8 Å². The molecular formula is C35H45FN6O5Si. The molecule has 2 aliphatic rings. The maximum atomic E-state index is 14.9. The Morgan fingerprint density at radius 2 is 1.81 bits per heavy atom. The van der Waals surface area contributed by atoms with Crippen molar-refractivity contribution in [2.45, 2.75) is 70.2 Å². The lowest BCUT2D eigenvalue weighted by Gasteiger charge is -2.19. The minimum Gasteiger partial charge on any atom is -0.491 e. The number of benzene rings is 2. The predicted molar refractivity (Wildman–Crippen MR) is 186 cm³/mol. The number of hydrogen-bond donors (Lipinski definition) is 3. The maximum Gasteiger partial charge on any atom is 0.319 e. The summed E-state index contributed by atoms with van der Waals surface area (Å²) in [7, 11) is -1.29. The Balaban J connectivity index is 1.20. The molecule has 0 unspecified atom stereocenters. The van der Waals surface area contributed by atoms with Crippen LogP contribution in [-0.2, 0) is 11.5 Å². The lowest BCUT2D eigenvalue weighted by atomic mass is 10.1. The number of nitrogens with one attached hydrogen (secondary N) is 2. The molecule has 0 radical (unpaired) electrons. The van der Waals surface area contributed by atoms with E-state index < -0.39 is 26.0 Å². The average molecular weight is 677 g/mol. The maximum absolute atomic E-state index is 14.9. The van der Waals surface area contributed by atoms with Crippen LogP contribution in [0.15, 0.2) is 54.9 Å². The molecule has 256 valence electrons. The summed E-state index contributed by atoms with van der Waals surface area (Å²) in [5.41, 5.74) is 2.43. The molecule has 2 fully saturated rings. The average Bonchev–Trinajstić information content (AvgIpc) is 3.55. The highest BCUT2D eigenvalue weighted by molar-refractivity contribution is 6.76. The lowest BCUT2D eigenvalue weighted by molar-refractivity contribution is 0.0758. The number of carbonyl (C=O) groups excluding carboxylic acids is 1. The number of rotatable bonds is 15. The number of carbonyl (C=O) groups is 1. The summed E-state index contributed by atoms with van der Waals surface area (Å²) in [6.45, 7) is 10.7. The molecule has 6 rings (SSSR count). The molecule has 48 heavy (non-hydrogen) atoms. The first-order chi connectivity index (χ1) is 23.1. The van der Waals surface area contributed by atoms with Gasteiger partial charge in [-0.1, -0.05) is 19.6 Å². The van der Waals surface area contributed by atoms with Gasteiger partial charge in [0.2, 0.25) is 5.88 Å². The van der Waals surface area contributed by atoms with E-state index in [0.29, 0.717) is 29.9 Å². The summed E-state index contributed by atoms with van der Waals surface area (Å²) in [4.78, 5) is 23.3. The number of anilines is 1. The van der Waals surface area contributed by atoms with E-state index in [1.165, 1.54) is 31.3 Å². The summed E-state index contributed by atoms with van der Waals surface area (Å²) < 4.78 is 35.1. The molecular weight excluding hydrogens is 632 g/mol. The number of amides is 2. The number of aromatic nitrogens is 3. The smallest absolute Gasteiger partial charge is 0.319 e. The molecule has 1 saturated carbocycles. The lowest BCUT2D eigenvalue weighted by Crippen LogP contribution is -2.33. The Morgan fingerprint density at radius 3 is 2.52 bits per heavy atom. The third kappa shape index (κ3) is 9.10. The second-order valence-electron chi connectivity index (χ2n) is 13.8. The fourth-order valence-corrected chi connectivity index (χ4v) is 6.36. The quantitative estimate of drug-likeness (QED) is 0.0969. The standard InChI is InChI=1S/C35H45FN6O5Si/c1-48(2,3)17-16-45-23-42-32(24-6-10-27(11-7-24)46-21-26(43)20-41-14-4-5-15-41)19-29-33(42)37-22-38-34(29)47-28-12-13-31(30(36)18-28)40-35(44)39-25-8-9-25/h6-7,10-13,18-19,22,25-26,43H,4-5,8-9,14-17,20-21,23H2,1-3H3,(H2,39,40,44)/t26-/m1/s1. The molecule has 11 nitrogen and oxygen atoms in total. The van der Waals surface area contributed by atoms with Crippen molar-refractivity contribution in [2.75, 3.05) is 38.2 Å². The molecule has 1 aliphatic heterocycles. The number of hydrogen-bond acceptors (Lipinski definition) is 8. The number of nitrogens with zero attached hydrogens (tertiary/aromatic N) is 4. The van der Waals surface area contributed by atoms with Crippen molar-refractivity contribution < 1.29 is 28.5 Å². The molecule has 4 aromatic rings. The van der Waals surface area contributed by atoms with Crippen molar-refractivity contribution >= 4 is 30.8 Å². The first kappa shape index (κ1) is 33.8. The van der Waals surface area contributed by atoms with Crippen molar-refractivity contribution in [2.24, 2.45) is 0 Å². The molecule has 2 amide bonds. The van der Waals surface area contributed by atoms with Gasteiger partial charge >= 0.3 is 6.03 Å². The SMILES string of the molecule is C[Si](C)(C)CCOCn1c(-c2ccc(OC[C@H](O)CN3CCCC3)cc2)cc2c(Oc3ccc(NC(=O)NC4CC4)c(F)c3)ncnc21. The summed E-state index contributed by atoms with van der Waals surface area (Å²) in [6, 6.07) is 14.7. The Bertz CT molecular complexity index is 1700. The largest absolute Gasteiger partial charge is 0.491 e. The summed E-state index contributed by atoms with van der Waals surface area (Å²) >= 11 is 0. The number of aliphatic hydroxyl groups excluding tert-OH is 1. The highest BCUT2D eigenvalue weighted by Gasteiger charge is 2.24. The molecule has 2 aromatic carbocycles. The Labute approximate surface area is 281 Å². The molecule has 0 spiro atoms. The summed E-state index contributed by atoms with van der Waals surface area (Å²) in [6.07, 6.45) is 5.10. The molecule has 1 aliphatic carbocycles. The van der Waals surface area contributed by atoms with Gasteiger partial charge < -0.3 is 39.4 Å². The third-order valence-corrected chi connectivity index (χ3v) is 10.2. The number of β-amino-alcohol motifs (C(OH)–C–C–N with tert-alkyl or cyclic N) is 1. The van der Waals surface area contributed by atoms with Crippen molar-refractivity contribution in [3.8, 4) is 28.6 Å². The van der Waals surface area contributed by atoms with Crippen LogP contribution in [0.1, 0.15) is 25.7 Å². The van der Waals surface area contributed by atoms with Crippen molar-refractivity contribution in [3.05, 3.63) is 60.7 Å². The third-order valence-electron chi connectivity index (χ3n) is 8.45. The molecule has 0 bridgehead atoms. The second kappa shape index (κ2) is 15.0. The van der Waals surface area contributed by atoms with E-state index in [1.807, 2.05) is 34.9 Å². The van der Waals surface area contributed by atoms with Gasteiger partial charge in [-0.25, -0.2) is 19.2 Å². The first-order valence-corrected chi connectivity index (χ1v) is 20.4. The zero-order valence-electron chi connectivity index (χ0n) is 27.9. The van der Waals surface area contributed by atoms with Gasteiger partial charge in [0.25, 0.3) is 0 Å². The Morgan fingerprint density at radius 1 is 1.06 bits per heavy atom. The van der Waals surface area contributed by atoms with E-state index in [0.717, 1.165) is 43.2 Å². The van der Waals surface area contributed by atoms with E-state index in [1.54, 1.807) is 6.07 Å². The Kier molecular flexibility index (Phi) is 10.6. The van der Waals surface area contributed by atoms with Crippen LogP contribution >= 0.6 is 0 Å². The van der Waals surface area contributed by atoms with Crippen molar-refractivity contribution in [1.29, 1.82) is 0 Å². The number of halogens is 1. The molecule has 1 saturated heterocycles. The topological polar surface area (TPSA) is 123 Å². The second-order valence-corrected chi connectivity index (χ2v) is 19.5. The van der Waals surface area contributed by atoms with Gasteiger partial charge in [0, 0.05) is 33.3 Å². The zero-order chi connectivity index (χ0) is 33.7. The number of aliphatic hydroxyl groups is 1. The molecule has 3 heterocycles. The van der Waals surface area contributed by atoms with Crippen LogP contribution in [0.4, 0.5) is 14.9 Å². The number of fused-ring (bicyclic) bond motifs is 1. The van der Waals surface area contributed by atoms with E-state index in [9.17, 15) is 14.3 Å². The summed E-state index contributed by atoms with van der Waals surface area (Å²) in [5, 5.41) is 16.4. The van der Waals surface area contributed by atoms with Gasteiger partial charge in [0.1, 0.15) is 48.7 Å². The van der Waals surface area contributed by atoms with Crippen LogP contribution in [0, 0.1) is 5.82 Å². The van der Waals surface area contributed by atoms with Crippen LogP contribution in [0.2, 0.25) is 25.7 Å². The number of ether oxygens (including phenoxy) is 3. The van der Waals surface area contributed by atoms with E-state index in [4.69, 9.17) is 14.2 Å². The number of urea groups is 1. The molecule has 13 heteroatoms. The fraction of sp³-hybridized carbons (Fsp3) is 0.457. The fourth-order valence-electron chi connectivity index (χ4n) is 5.60. The van der Waals surface area contributed by atoms with Gasteiger partial charge in [-0.05, 0) is 92.8 Å². The van der Waals surface area contributed by atoms with Gasteiger partial charge in [-0.3, -0.25) is 0 Å². The molecule has 1 atom stereocenters. The normalized spacial score (nSPS) is 15.9. The monoisotopic (exact) mass is 676 g/mol. The zero-order valence-corrected chi connectivity index (χ0v) is 28.9. The predicted octanol–water partition coefficient (Wildman–Crippen LogP) is 6.46. The minimum atomic E-state index is -1.29. The van der Waals surface area contributed by atoms with E-state index >= 15 is 0 Å². The number of likely N-dealkylation sites (tertiary alicyclic amines) is 1. The van der Waals surface area contributed by atoms with E-state index in [2.05, 4.69) is 45.1 Å². The highest BCUT2D eigenvalue weighted by atomic mass is 28.3. The van der Waals surface area contributed by atoms with Crippen LogP contribution < -0.4 is 20.1 Å². The van der Waals surface area contributed by atoms with Crippen LogP contribution in [0.3, 0.4) is 0 Å². The van der Waals surface area contributed by atoms with Gasteiger partial charge in [-0.15, -0.1) is 0 Å². The van der Waals surface area contributed by atoms with Crippen LogP contribution in [0.25, 0.3) is 22.3 Å². The molecule has 3 N–H and O–H groups in total. The minimum absolute atomic E-state index is 0.0609. The Hall–Kier alpha value is -4.04. The molecule has 2 aromatic heterocycles. The van der Waals surface area contributed by atoms with Crippen molar-refractivity contribution in [3.63, 3.8) is 0 Å². The van der Waals surface area contributed by atoms with Gasteiger partial charge in [-0.2, -0.15) is 0 Å². The van der Waals surface area contributed by atoms with Crippen LogP contribution in [-0.4, -0.2) is 83.6 Å². The van der Waals surface area contributed by atoms with E-state index in [-0.39, 0.29) is 36.7 Å². The highest BCUT2D eigenvalue weighted by Crippen LogP contribution is 2.35. The first-order valence-electron chi connectivity index (χ1n) is 16.7.